The predicted octanol–water partition coefficient (Wildman–Crippen LogP) is 4.33. The van der Waals surface area contributed by atoms with Crippen molar-refractivity contribution in [2.45, 2.75) is 45.3 Å². The van der Waals surface area contributed by atoms with Crippen LogP contribution in [0.4, 0.5) is 0 Å². The average molecular weight is 304 g/mol. The fourth-order valence-corrected chi connectivity index (χ4v) is 2.61. The summed E-state index contributed by atoms with van der Waals surface area (Å²) in [6, 6.07) is 6.11. The Balaban J connectivity index is 2.78. The van der Waals surface area contributed by atoms with Crippen LogP contribution in [0.5, 0.6) is 0 Å². The summed E-state index contributed by atoms with van der Waals surface area (Å²) in [5.74, 6) is 0. The third-order valence-electron chi connectivity index (χ3n) is 3.23. The normalized spacial score (nSPS) is 14.4. The van der Waals surface area contributed by atoms with Gasteiger partial charge in [0.15, 0.2) is 0 Å². The molecule has 0 heterocycles. The lowest BCUT2D eigenvalue weighted by molar-refractivity contribution is 0.0614. The summed E-state index contributed by atoms with van der Waals surface area (Å²) in [5.41, 5.74) is 1.18. The van der Waals surface area contributed by atoms with Crippen LogP contribution < -0.4 is 5.32 Å². The Morgan fingerprint density at radius 2 is 1.95 bits per heavy atom. The number of halogens is 2. The van der Waals surface area contributed by atoms with E-state index < -0.39 is 0 Å². The number of ether oxygens (including phenoxy) is 1. The standard InChI is InChI=1S/C15H23Cl2NO/c1-4-6-15(19-3)14(18-5-2)10-11-7-8-12(16)13(17)9-11/h7-9,14-15,18H,4-6,10H2,1-3H3. The van der Waals surface area contributed by atoms with E-state index in [1.165, 1.54) is 5.56 Å². The topological polar surface area (TPSA) is 21.3 Å². The monoisotopic (exact) mass is 303 g/mol. The Labute approximate surface area is 126 Å². The van der Waals surface area contributed by atoms with Crippen LogP contribution in [0.25, 0.3) is 0 Å². The molecule has 1 rings (SSSR count). The molecule has 0 radical (unpaired) electrons. The summed E-state index contributed by atoms with van der Waals surface area (Å²) in [6.07, 6.45) is 3.28. The highest BCUT2D eigenvalue weighted by Crippen LogP contribution is 2.24. The number of benzene rings is 1. The second kappa shape index (κ2) is 8.80. The van der Waals surface area contributed by atoms with Crippen molar-refractivity contribution < 1.29 is 4.74 Å². The van der Waals surface area contributed by atoms with E-state index in [4.69, 9.17) is 27.9 Å². The minimum Gasteiger partial charge on any atom is -0.380 e. The first-order valence-electron chi connectivity index (χ1n) is 6.82. The van der Waals surface area contributed by atoms with E-state index in [2.05, 4.69) is 19.2 Å². The molecule has 0 aliphatic carbocycles. The van der Waals surface area contributed by atoms with Crippen molar-refractivity contribution in [2.24, 2.45) is 0 Å². The van der Waals surface area contributed by atoms with Crippen LogP contribution in [-0.4, -0.2) is 25.8 Å². The van der Waals surface area contributed by atoms with Gasteiger partial charge in [0.05, 0.1) is 16.1 Å². The van der Waals surface area contributed by atoms with Gasteiger partial charge in [0, 0.05) is 13.2 Å². The van der Waals surface area contributed by atoms with E-state index in [-0.39, 0.29) is 6.10 Å². The molecule has 19 heavy (non-hydrogen) atoms. The molecule has 0 amide bonds. The van der Waals surface area contributed by atoms with E-state index in [0.717, 1.165) is 25.8 Å². The highest BCUT2D eigenvalue weighted by atomic mass is 35.5. The molecule has 2 unspecified atom stereocenters. The Kier molecular flexibility index (Phi) is 7.77. The van der Waals surface area contributed by atoms with Gasteiger partial charge in [-0.1, -0.05) is 49.5 Å². The summed E-state index contributed by atoms with van der Waals surface area (Å²) >= 11 is 12.0. The van der Waals surface area contributed by atoms with Gasteiger partial charge < -0.3 is 10.1 Å². The predicted molar refractivity (Wildman–Crippen MR) is 83.3 cm³/mol. The van der Waals surface area contributed by atoms with Crippen LogP contribution in [0.3, 0.4) is 0 Å². The average Bonchev–Trinajstić information content (AvgIpc) is 2.40. The molecule has 0 aromatic heterocycles. The maximum Gasteiger partial charge on any atom is 0.0727 e. The van der Waals surface area contributed by atoms with Gasteiger partial charge in [0.2, 0.25) is 0 Å². The molecule has 2 atom stereocenters. The van der Waals surface area contributed by atoms with Gasteiger partial charge in [0.1, 0.15) is 0 Å². The molecule has 1 aromatic carbocycles. The van der Waals surface area contributed by atoms with Crippen molar-refractivity contribution in [1.82, 2.24) is 5.32 Å². The van der Waals surface area contributed by atoms with Gasteiger partial charge >= 0.3 is 0 Å². The van der Waals surface area contributed by atoms with Gasteiger partial charge in [-0.05, 0) is 37.1 Å². The molecular formula is C15H23Cl2NO. The number of likely N-dealkylation sites (N-methyl/N-ethyl adjacent to an activating group) is 1. The first-order chi connectivity index (χ1) is 9.12. The van der Waals surface area contributed by atoms with Gasteiger partial charge in [-0.3, -0.25) is 0 Å². The van der Waals surface area contributed by atoms with Crippen molar-refractivity contribution >= 4 is 23.2 Å². The highest BCUT2D eigenvalue weighted by molar-refractivity contribution is 6.42. The van der Waals surface area contributed by atoms with E-state index >= 15 is 0 Å². The molecule has 1 aromatic rings. The molecule has 0 spiro atoms. The fourth-order valence-electron chi connectivity index (χ4n) is 2.29. The second-order valence-electron chi connectivity index (χ2n) is 4.68. The third kappa shape index (κ3) is 5.31. The van der Waals surface area contributed by atoms with Gasteiger partial charge in [-0.2, -0.15) is 0 Å². The summed E-state index contributed by atoms with van der Waals surface area (Å²) in [5, 5.41) is 4.71. The second-order valence-corrected chi connectivity index (χ2v) is 5.49. The van der Waals surface area contributed by atoms with E-state index in [1.807, 2.05) is 18.2 Å². The molecule has 0 aliphatic heterocycles. The third-order valence-corrected chi connectivity index (χ3v) is 3.97. The van der Waals surface area contributed by atoms with E-state index in [1.54, 1.807) is 7.11 Å². The summed E-state index contributed by atoms with van der Waals surface area (Å²) in [6.45, 7) is 5.21. The fraction of sp³-hybridized carbons (Fsp3) is 0.600. The van der Waals surface area contributed by atoms with Crippen LogP contribution in [0, 0.1) is 0 Å². The molecule has 0 bridgehead atoms. The number of hydrogen-bond donors (Lipinski definition) is 1. The summed E-state index contributed by atoms with van der Waals surface area (Å²) in [7, 11) is 1.78. The molecule has 0 saturated carbocycles. The molecule has 0 aliphatic rings. The SMILES string of the molecule is CCCC(OC)C(Cc1ccc(Cl)c(Cl)c1)NCC. The zero-order valence-corrected chi connectivity index (χ0v) is 13.4. The van der Waals surface area contributed by atoms with E-state index in [9.17, 15) is 0 Å². The van der Waals surface area contributed by atoms with Crippen molar-refractivity contribution in [3.05, 3.63) is 33.8 Å². The molecule has 2 nitrogen and oxygen atoms in total. The van der Waals surface area contributed by atoms with E-state index in [0.29, 0.717) is 16.1 Å². The first-order valence-corrected chi connectivity index (χ1v) is 7.58. The lowest BCUT2D eigenvalue weighted by Gasteiger charge is -2.27. The highest BCUT2D eigenvalue weighted by Gasteiger charge is 2.20. The molecule has 0 fully saturated rings. The van der Waals surface area contributed by atoms with Gasteiger partial charge in [-0.25, -0.2) is 0 Å². The Morgan fingerprint density at radius 1 is 1.21 bits per heavy atom. The van der Waals surface area contributed by atoms with Crippen LogP contribution >= 0.6 is 23.2 Å². The van der Waals surface area contributed by atoms with Crippen molar-refractivity contribution in [1.29, 1.82) is 0 Å². The Bertz CT molecular complexity index is 384. The van der Waals surface area contributed by atoms with Crippen LogP contribution in [0.15, 0.2) is 18.2 Å². The lowest BCUT2D eigenvalue weighted by atomic mass is 9.98. The molecular weight excluding hydrogens is 281 g/mol. The molecule has 1 N–H and O–H groups in total. The molecule has 4 heteroatoms. The zero-order valence-electron chi connectivity index (χ0n) is 11.9. The van der Waals surface area contributed by atoms with Crippen LogP contribution in [0.1, 0.15) is 32.3 Å². The minimum atomic E-state index is 0.222. The largest absolute Gasteiger partial charge is 0.380 e. The Hall–Kier alpha value is -0.280. The van der Waals surface area contributed by atoms with Crippen molar-refractivity contribution in [2.75, 3.05) is 13.7 Å². The molecule has 0 saturated heterocycles. The Morgan fingerprint density at radius 3 is 2.47 bits per heavy atom. The summed E-state index contributed by atoms with van der Waals surface area (Å²) in [4.78, 5) is 0. The van der Waals surface area contributed by atoms with Crippen LogP contribution in [-0.2, 0) is 11.2 Å². The van der Waals surface area contributed by atoms with Crippen molar-refractivity contribution in [3.63, 3.8) is 0 Å². The minimum absolute atomic E-state index is 0.222. The van der Waals surface area contributed by atoms with Gasteiger partial charge in [0.25, 0.3) is 0 Å². The quantitative estimate of drug-likeness (QED) is 0.772. The smallest absolute Gasteiger partial charge is 0.0727 e. The number of hydrogen-bond acceptors (Lipinski definition) is 2. The summed E-state index contributed by atoms with van der Waals surface area (Å²) < 4.78 is 5.61. The zero-order chi connectivity index (χ0) is 14.3. The van der Waals surface area contributed by atoms with Gasteiger partial charge in [-0.15, -0.1) is 0 Å². The van der Waals surface area contributed by atoms with Crippen LogP contribution in [0.2, 0.25) is 10.0 Å². The molecule has 108 valence electrons. The number of nitrogens with one attached hydrogen (secondary N) is 1. The number of rotatable bonds is 8. The van der Waals surface area contributed by atoms with Crippen molar-refractivity contribution in [3.8, 4) is 0 Å². The maximum absolute atomic E-state index is 6.07. The number of methoxy groups -OCH3 is 1. The maximum atomic E-state index is 6.07. The first kappa shape index (κ1) is 16.8. The lowest BCUT2D eigenvalue weighted by Crippen LogP contribution is -2.42.